The van der Waals surface area contributed by atoms with Crippen LogP contribution in [0.5, 0.6) is 0 Å². The number of aromatic nitrogens is 1. The number of nitrogens with zero attached hydrogens (tertiary/aromatic N) is 4. The second-order valence-electron chi connectivity index (χ2n) is 8.24. The van der Waals surface area contributed by atoms with E-state index in [4.69, 9.17) is 0 Å². The predicted octanol–water partition coefficient (Wildman–Crippen LogP) is 3.63. The summed E-state index contributed by atoms with van der Waals surface area (Å²) >= 11 is 1.42. The van der Waals surface area contributed by atoms with Gasteiger partial charge >= 0.3 is 0 Å². The Bertz CT molecular complexity index is 1180. The van der Waals surface area contributed by atoms with Gasteiger partial charge in [-0.3, -0.25) is 14.6 Å². The summed E-state index contributed by atoms with van der Waals surface area (Å²) in [5, 5.41) is 5.53. The summed E-state index contributed by atoms with van der Waals surface area (Å²) < 4.78 is 13.7. The maximum atomic E-state index is 13.7. The van der Waals surface area contributed by atoms with Gasteiger partial charge in [-0.15, -0.1) is 0 Å². The van der Waals surface area contributed by atoms with E-state index in [0.29, 0.717) is 29.4 Å². The fraction of sp³-hybridized carbons (Fsp3) is 0.280. The molecule has 2 amide bonds. The Morgan fingerprint density at radius 3 is 2.62 bits per heavy atom. The maximum Gasteiger partial charge on any atom is 0.253 e. The molecule has 2 aliphatic heterocycles. The smallest absolute Gasteiger partial charge is 0.253 e. The second kappa shape index (κ2) is 10.2. The topological polar surface area (TPSA) is 77.9 Å². The molecular weight excluding hydrogens is 453 g/mol. The number of thioether (sulfide) groups is 1. The molecule has 7 nitrogen and oxygen atoms in total. The summed E-state index contributed by atoms with van der Waals surface area (Å²) in [6, 6.07) is 11.3. The summed E-state index contributed by atoms with van der Waals surface area (Å²) in [5.41, 5.74) is 3.52. The summed E-state index contributed by atoms with van der Waals surface area (Å²) in [4.78, 5) is 38.2. The molecule has 1 atom stereocenters. The predicted molar refractivity (Wildman–Crippen MR) is 131 cm³/mol. The van der Waals surface area contributed by atoms with Gasteiger partial charge in [0.05, 0.1) is 23.7 Å². The molecule has 1 aromatic carbocycles. The average molecular weight is 480 g/mol. The standard InChI is InChI=1S/C25H26FN5O2S/c1-16-22(24(33)30(2)3)23(17-7-9-18(26)10-8-17)31-20(15-34-25(31)29-16)14-21(32)28-13-11-19-6-4-5-12-27-19/h4-10,12,15,23H,11,13-14H2,1-3H3,(H,28,32). The van der Waals surface area contributed by atoms with E-state index in [1.807, 2.05) is 28.5 Å². The zero-order valence-corrected chi connectivity index (χ0v) is 20.1. The minimum atomic E-state index is -0.509. The van der Waals surface area contributed by atoms with Crippen LogP contribution in [0.15, 0.2) is 76.0 Å². The number of benzene rings is 1. The number of aliphatic imine (C=N–C) groups is 1. The van der Waals surface area contributed by atoms with Gasteiger partial charge in [0.25, 0.3) is 5.91 Å². The van der Waals surface area contributed by atoms with Crippen molar-refractivity contribution in [3.63, 3.8) is 0 Å². The van der Waals surface area contributed by atoms with Gasteiger partial charge < -0.3 is 15.1 Å². The van der Waals surface area contributed by atoms with Gasteiger partial charge in [-0.2, -0.15) is 0 Å². The lowest BCUT2D eigenvalue weighted by Crippen LogP contribution is -2.40. The van der Waals surface area contributed by atoms with E-state index in [2.05, 4.69) is 15.3 Å². The zero-order chi connectivity index (χ0) is 24.2. The number of pyridine rings is 1. The minimum absolute atomic E-state index is 0.131. The molecular formula is C25H26FN5O2S. The van der Waals surface area contributed by atoms with Crippen LogP contribution in [0.2, 0.25) is 0 Å². The van der Waals surface area contributed by atoms with Gasteiger partial charge in [0, 0.05) is 44.6 Å². The number of amidine groups is 1. The lowest BCUT2D eigenvalue weighted by Gasteiger charge is -2.37. The molecule has 0 saturated heterocycles. The van der Waals surface area contributed by atoms with Crippen LogP contribution in [0, 0.1) is 5.82 Å². The number of carbonyl (C=O) groups is 2. The number of carbonyl (C=O) groups excluding carboxylic acids is 2. The fourth-order valence-electron chi connectivity index (χ4n) is 3.95. The van der Waals surface area contributed by atoms with E-state index < -0.39 is 6.04 Å². The van der Waals surface area contributed by atoms with Gasteiger partial charge in [0.15, 0.2) is 5.17 Å². The molecule has 1 aromatic heterocycles. The van der Waals surface area contributed by atoms with Crippen LogP contribution in [-0.4, -0.2) is 52.4 Å². The van der Waals surface area contributed by atoms with Crippen molar-refractivity contribution in [2.24, 2.45) is 4.99 Å². The number of rotatable bonds is 7. The number of allylic oxidation sites excluding steroid dienone is 1. The highest BCUT2D eigenvalue weighted by atomic mass is 32.2. The van der Waals surface area contributed by atoms with E-state index >= 15 is 0 Å². The van der Waals surface area contributed by atoms with Crippen LogP contribution in [0.25, 0.3) is 0 Å². The molecule has 3 heterocycles. The molecule has 0 fully saturated rings. The Labute approximate surface area is 202 Å². The minimum Gasteiger partial charge on any atom is -0.355 e. The van der Waals surface area contributed by atoms with Crippen molar-refractivity contribution in [1.82, 2.24) is 20.1 Å². The number of hydrogen-bond acceptors (Lipinski definition) is 6. The van der Waals surface area contributed by atoms with Crippen LogP contribution in [0.1, 0.15) is 30.6 Å². The number of halogens is 1. The number of fused-ring (bicyclic) bond motifs is 1. The molecule has 0 bridgehead atoms. The monoisotopic (exact) mass is 479 g/mol. The highest BCUT2D eigenvalue weighted by molar-refractivity contribution is 8.16. The lowest BCUT2D eigenvalue weighted by molar-refractivity contribution is -0.125. The third-order valence-corrected chi connectivity index (χ3v) is 6.48. The highest BCUT2D eigenvalue weighted by Crippen LogP contribution is 2.44. The second-order valence-corrected chi connectivity index (χ2v) is 9.08. The van der Waals surface area contributed by atoms with Crippen LogP contribution >= 0.6 is 11.8 Å². The summed E-state index contributed by atoms with van der Waals surface area (Å²) in [6.07, 6.45) is 2.50. The zero-order valence-electron chi connectivity index (χ0n) is 19.3. The van der Waals surface area contributed by atoms with Crippen molar-refractivity contribution >= 4 is 28.7 Å². The summed E-state index contributed by atoms with van der Waals surface area (Å²) in [7, 11) is 3.38. The average Bonchev–Trinajstić information content (AvgIpc) is 3.20. The first kappa shape index (κ1) is 23.7. The van der Waals surface area contributed by atoms with Gasteiger partial charge in [-0.25, -0.2) is 9.38 Å². The van der Waals surface area contributed by atoms with Crippen molar-refractivity contribution in [3.05, 3.63) is 88.1 Å². The van der Waals surface area contributed by atoms with Crippen LogP contribution in [0.3, 0.4) is 0 Å². The molecule has 176 valence electrons. The first-order valence-corrected chi connectivity index (χ1v) is 11.8. The Kier molecular flexibility index (Phi) is 7.12. The summed E-state index contributed by atoms with van der Waals surface area (Å²) in [5.74, 6) is -0.659. The van der Waals surface area contributed by atoms with Crippen LogP contribution < -0.4 is 5.32 Å². The van der Waals surface area contributed by atoms with E-state index in [9.17, 15) is 14.0 Å². The number of likely N-dealkylation sites (N-methyl/N-ethyl adjacent to an activating group) is 1. The number of nitrogens with one attached hydrogen (secondary N) is 1. The molecule has 1 N–H and O–H groups in total. The molecule has 4 rings (SSSR count). The lowest BCUT2D eigenvalue weighted by atomic mass is 9.93. The Morgan fingerprint density at radius 2 is 1.94 bits per heavy atom. The summed E-state index contributed by atoms with van der Waals surface area (Å²) in [6.45, 7) is 2.28. The quantitative estimate of drug-likeness (QED) is 0.656. The largest absolute Gasteiger partial charge is 0.355 e. The fourth-order valence-corrected chi connectivity index (χ4v) is 4.91. The van der Waals surface area contributed by atoms with Gasteiger partial charge in [-0.1, -0.05) is 30.0 Å². The third kappa shape index (κ3) is 5.04. The molecule has 0 aliphatic carbocycles. The molecule has 0 saturated carbocycles. The van der Waals surface area contributed by atoms with Crippen molar-refractivity contribution < 1.29 is 14.0 Å². The van der Waals surface area contributed by atoms with Crippen molar-refractivity contribution in [2.75, 3.05) is 20.6 Å². The van der Waals surface area contributed by atoms with Crippen molar-refractivity contribution in [3.8, 4) is 0 Å². The molecule has 0 radical (unpaired) electrons. The number of hydrogen-bond donors (Lipinski definition) is 1. The Hall–Kier alpha value is -3.46. The molecule has 1 unspecified atom stereocenters. The van der Waals surface area contributed by atoms with Gasteiger partial charge in [-0.05, 0) is 42.2 Å². The van der Waals surface area contributed by atoms with E-state index in [0.717, 1.165) is 17.0 Å². The van der Waals surface area contributed by atoms with E-state index in [-0.39, 0.29) is 24.1 Å². The molecule has 0 spiro atoms. The first-order valence-electron chi connectivity index (χ1n) is 10.9. The van der Waals surface area contributed by atoms with Crippen molar-refractivity contribution in [1.29, 1.82) is 0 Å². The van der Waals surface area contributed by atoms with Crippen molar-refractivity contribution in [2.45, 2.75) is 25.8 Å². The third-order valence-electron chi connectivity index (χ3n) is 5.59. The molecule has 2 aromatic rings. The maximum absolute atomic E-state index is 13.7. The van der Waals surface area contributed by atoms with Gasteiger partial charge in [0.1, 0.15) is 5.82 Å². The van der Waals surface area contributed by atoms with Crippen LogP contribution in [0.4, 0.5) is 4.39 Å². The molecule has 34 heavy (non-hydrogen) atoms. The SMILES string of the molecule is CC1=C(C(=O)N(C)C)C(c2ccc(F)cc2)N2C(CC(=O)NCCc3ccccn3)=CSC2=N1. The van der Waals surface area contributed by atoms with Gasteiger partial charge in [0.2, 0.25) is 5.91 Å². The Morgan fingerprint density at radius 1 is 1.18 bits per heavy atom. The van der Waals surface area contributed by atoms with E-state index in [1.54, 1.807) is 39.3 Å². The Balaban J connectivity index is 1.56. The first-order chi connectivity index (χ1) is 16.3. The normalized spacial score (nSPS) is 17.2. The highest BCUT2D eigenvalue weighted by Gasteiger charge is 2.40. The molecule has 9 heteroatoms. The number of amides is 2. The molecule has 2 aliphatic rings. The van der Waals surface area contributed by atoms with E-state index in [1.165, 1.54) is 28.8 Å². The van der Waals surface area contributed by atoms with Crippen LogP contribution in [-0.2, 0) is 16.0 Å².